The molecule has 1 amide bonds. The van der Waals surface area contributed by atoms with E-state index in [9.17, 15) is 13.6 Å². The highest BCUT2D eigenvalue weighted by atomic mass is 19.3. The van der Waals surface area contributed by atoms with Crippen molar-refractivity contribution in [1.82, 2.24) is 4.90 Å². The molecule has 0 saturated carbocycles. The summed E-state index contributed by atoms with van der Waals surface area (Å²) in [5, 5.41) is 0. The fourth-order valence-corrected chi connectivity index (χ4v) is 2.07. The number of carbonyl (C=O) groups excluding carboxylic acids is 1. The summed E-state index contributed by atoms with van der Waals surface area (Å²) in [6.45, 7) is 1.66. The average Bonchev–Trinajstić information content (AvgIpc) is 2.39. The van der Waals surface area contributed by atoms with Gasteiger partial charge in [0, 0.05) is 13.1 Å². The Hall–Kier alpha value is -1.49. The topological polar surface area (TPSA) is 46.3 Å². The molecule has 1 aromatic carbocycles. The van der Waals surface area contributed by atoms with Crippen LogP contribution in [-0.2, 0) is 4.79 Å². The summed E-state index contributed by atoms with van der Waals surface area (Å²) in [7, 11) is 0. The van der Waals surface area contributed by atoms with Gasteiger partial charge < -0.3 is 10.6 Å². The second kappa shape index (κ2) is 7.84. The largest absolute Gasteiger partial charge is 0.335 e. The van der Waals surface area contributed by atoms with Crippen molar-refractivity contribution in [3.63, 3.8) is 0 Å². The van der Waals surface area contributed by atoms with Crippen molar-refractivity contribution in [2.45, 2.75) is 25.7 Å². The molecule has 106 valence electrons. The van der Waals surface area contributed by atoms with Gasteiger partial charge in [0.05, 0.1) is 12.5 Å². The van der Waals surface area contributed by atoms with Crippen molar-refractivity contribution in [2.24, 2.45) is 5.73 Å². The summed E-state index contributed by atoms with van der Waals surface area (Å²) in [6, 6.07) is 9.22. The Morgan fingerprint density at radius 3 is 2.42 bits per heavy atom. The molecule has 0 heterocycles. The number of carbonyl (C=O) groups is 1. The second-order valence-electron chi connectivity index (χ2n) is 4.34. The minimum atomic E-state index is -2.54. The van der Waals surface area contributed by atoms with Gasteiger partial charge in [0.1, 0.15) is 0 Å². The van der Waals surface area contributed by atoms with Crippen LogP contribution in [0.1, 0.15) is 24.8 Å². The van der Waals surface area contributed by atoms with Crippen LogP contribution in [-0.4, -0.2) is 36.9 Å². The molecule has 3 nitrogen and oxygen atoms in total. The standard InChI is InChI=1S/C14H20F2N2O/c1-2-12(11-6-4-3-5-7-11)14(19)18(9-8-17)10-13(15)16/h3-7,12-13H,2,8-10,17H2,1H3. The number of hydrogen-bond donors (Lipinski definition) is 1. The van der Waals surface area contributed by atoms with Crippen molar-refractivity contribution in [3.05, 3.63) is 35.9 Å². The maximum atomic E-state index is 12.5. The Morgan fingerprint density at radius 1 is 1.32 bits per heavy atom. The molecule has 1 rings (SSSR count). The zero-order valence-corrected chi connectivity index (χ0v) is 11.1. The molecule has 1 unspecified atom stereocenters. The first kappa shape index (κ1) is 15.6. The molecule has 5 heteroatoms. The Balaban J connectivity index is 2.86. The first-order chi connectivity index (χ1) is 9.10. The van der Waals surface area contributed by atoms with E-state index in [1.807, 2.05) is 37.3 Å². The first-order valence-electron chi connectivity index (χ1n) is 6.42. The number of nitrogens with zero attached hydrogens (tertiary/aromatic N) is 1. The summed E-state index contributed by atoms with van der Waals surface area (Å²) in [4.78, 5) is 13.5. The van der Waals surface area contributed by atoms with Gasteiger partial charge in [-0.25, -0.2) is 8.78 Å². The minimum Gasteiger partial charge on any atom is -0.335 e. The molecule has 0 spiro atoms. The van der Waals surface area contributed by atoms with Crippen molar-refractivity contribution >= 4 is 5.91 Å². The molecule has 0 aromatic heterocycles. The van der Waals surface area contributed by atoms with Gasteiger partial charge in [-0.3, -0.25) is 4.79 Å². The van der Waals surface area contributed by atoms with Crippen LogP contribution in [0.3, 0.4) is 0 Å². The Kier molecular flexibility index (Phi) is 6.42. The maximum Gasteiger partial charge on any atom is 0.255 e. The number of halogens is 2. The number of alkyl halides is 2. The van der Waals surface area contributed by atoms with Crippen molar-refractivity contribution in [2.75, 3.05) is 19.6 Å². The number of rotatable bonds is 7. The normalized spacial score (nSPS) is 12.5. The zero-order valence-electron chi connectivity index (χ0n) is 11.1. The third-order valence-corrected chi connectivity index (χ3v) is 2.98. The quantitative estimate of drug-likeness (QED) is 0.826. The Morgan fingerprint density at radius 2 is 1.95 bits per heavy atom. The van der Waals surface area contributed by atoms with Gasteiger partial charge in [-0.15, -0.1) is 0 Å². The van der Waals surface area contributed by atoms with E-state index in [4.69, 9.17) is 5.73 Å². The van der Waals surface area contributed by atoms with Crippen LogP contribution in [0.4, 0.5) is 8.78 Å². The predicted octanol–water partition coefficient (Wildman–Crippen LogP) is 2.23. The predicted molar refractivity (Wildman–Crippen MR) is 71.1 cm³/mol. The molecule has 0 aliphatic heterocycles. The molecular weight excluding hydrogens is 250 g/mol. The van der Waals surface area contributed by atoms with E-state index in [0.717, 1.165) is 10.5 Å². The van der Waals surface area contributed by atoms with E-state index in [1.54, 1.807) is 0 Å². The maximum absolute atomic E-state index is 12.5. The lowest BCUT2D eigenvalue weighted by Gasteiger charge is -2.26. The Labute approximate surface area is 112 Å². The van der Waals surface area contributed by atoms with E-state index in [0.29, 0.717) is 6.42 Å². The van der Waals surface area contributed by atoms with Crippen LogP contribution in [0.5, 0.6) is 0 Å². The summed E-state index contributed by atoms with van der Waals surface area (Å²) in [5.41, 5.74) is 6.24. The van der Waals surface area contributed by atoms with Gasteiger partial charge in [0.15, 0.2) is 0 Å². The third kappa shape index (κ3) is 4.59. The van der Waals surface area contributed by atoms with Gasteiger partial charge >= 0.3 is 0 Å². The molecule has 0 bridgehead atoms. The van der Waals surface area contributed by atoms with Crippen molar-refractivity contribution in [1.29, 1.82) is 0 Å². The van der Waals surface area contributed by atoms with Crippen LogP contribution in [0.2, 0.25) is 0 Å². The first-order valence-corrected chi connectivity index (χ1v) is 6.42. The van der Waals surface area contributed by atoms with E-state index >= 15 is 0 Å². The number of benzene rings is 1. The SMILES string of the molecule is CCC(C(=O)N(CCN)CC(F)F)c1ccccc1. The number of hydrogen-bond acceptors (Lipinski definition) is 2. The second-order valence-corrected chi connectivity index (χ2v) is 4.34. The molecule has 2 N–H and O–H groups in total. The fourth-order valence-electron chi connectivity index (χ4n) is 2.07. The van der Waals surface area contributed by atoms with Crippen LogP contribution in [0.15, 0.2) is 30.3 Å². The van der Waals surface area contributed by atoms with Crippen LogP contribution in [0.25, 0.3) is 0 Å². The number of amides is 1. The highest BCUT2D eigenvalue weighted by Crippen LogP contribution is 2.22. The average molecular weight is 270 g/mol. The fraction of sp³-hybridized carbons (Fsp3) is 0.500. The lowest BCUT2D eigenvalue weighted by Crippen LogP contribution is -2.41. The molecule has 0 saturated heterocycles. The van der Waals surface area contributed by atoms with Crippen LogP contribution in [0, 0.1) is 0 Å². The summed E-state index contributed by atoms with van der Waals surface area (Å²) < 4.78 is 25.0. The molecule has 0 radical (unpaired) electrons. The molecule has 19 heavy (non-hydrogen) atoms. The Bertz CT molecular complexity index is 384. The number of nitrogens with two attached hydrogens (primary N) is 1. The lowest BCUT2D eigenvalue weighted by molar-refractivity contribution is -0.134. The smallest absolute Gasteiger partial charge is 0.255 e. The zero-order chi connectivity index (χ0) is 14.3. The highest BCUT2D eigenvalue weighted by molar-refractivity contribution is 5.83. The molecule has 0 aliphatic carbocycles. The third-order valence-electron chi connectivity index (χ3n) is 2.98. The van der Waals surface area contributed by atoms with Gasteiger partial charge in [0.2, 0.25) is 5.91 Å². The molecule has 1 atom stereocenters. The van der Waals surface area contributed by atoms with Gasteiger partial charge in [-0.1, -0.05) is 37.3 Å². The molecule has 1 aromatic rings. The molecule has 0 aliphatic rings. The van der Waals surface area contributed by atoms with Gasteiger partial charge in [-0.05, 0) is 12.0 Å². The van der Waals surface area contributed by atoms with Crippen LogP contribution < -0.4 is 5.73 Å². The van der Waals surface area contributed by atoms with Crippen molar-refractivity contribution in [3.8, 4) is 0 Å². The molecule has 0 fully saturated rings. The van der Waals surface area contributed by atoms with Crippen molar-refractivity contribution < 1.29 is 13.6 Å². The monoisotopic (exact) mass is 270 g/mol. The molecular formula is C14H20F2N2O. The van der Waals surface area contributed by atoms with Gasteiger partial charge in [0.25, 0.3) is 6.43 Å². The summed E-state index contributed by atoms with van der Waals surface area (Å²) in [5.74, 6) is -0.661. The van der Waals surface area contributed by atoms with E-state index in [2.05, 4.69) is 0 Å². The highest BCUT2D eigenvalue weighted by Gasteiger charge is 2.25. The summed E-state index contributed by atoms with van der Waals surface area (Å²) in [6.07, 6.45) is -1.96. The van der Waals surface area contributed by atoms with Crippen LogP contribution >= 0.6 is 0 Å². The van der Waals surface area contributed by atoms with E-state index < -0.39 is 13.0 Å². The van der Waals surface area contributed by atoms with E-state index in [-0.39, 0.29) is 24.9 Å². The van der Waals surface area contributed by atoms with Gasteiger partial charge in [-0.2, -0.15) is 0 Å². The lowest BCUT2D eigenvalue weighted by atomic mass is 9.95. The summed E-state index contributed by atoms with van der Waals surface area (Å²) >= 11 is 0. The van der Waals surface area contributed by atoms with E-state index in [1.165, 1.54) is 0 Å². The minimum absolute atomic E-state index is 0.159.